The lowest BCUT2D eigenvalue weighted by molar-refractivity contribution is -0.116. The van der Waals surface area contributed by atoms with Gasteiger partial charge in [-0.05, 0) is 35.9 Å². The lowest BCUT2D eigenvalue weighted by Crippen LogP contribution is -2.46. The molecule has 3 rings (SSSR count). The predicted octanol–water partition coefficient (Wildman–Crippen LogP) is 2.20. The van der Waals surface area contributed by atoms with Crippen molar-refractivity contribution >= 4 is 11.6 Å². The van der Waals surface area contributed by atoms with Crippen LogP contribution in [0, 0.1) is 5.82 Å². The van der Waals surface area contributed by atoms with E-state index < -0.39 is 0 Å². The smallest absolute Gasteiger partial charge is 0.225 e. The van der Waals surface area contributed by atoms with Crippen LogP contribution in [0.4, 0.5) is 10.1 Å². The van der Waals surface area contributed by atoms with Crippen molar-refractivity contribution in [2.45, 2.75) is 12.5 Å². The number of hydrogen-bond donors (Lipinski definition) is 2. The maximum absolute atomic E-state index is 12.9. The van der Waals surface area contributed by atoms with Gasteiger partial charge in [-0.3, -0.25) is 14.7 Å². The Bertz CT molecular complexity index is 662. The molecule has 24 heavy (non-hydrogen) atoms. The van der Waals surface area contributed by atoms with Gasteiger partial charge in [-0.1, -0.05) is 6.07 Å². The van der Waals surface area contributed by atoms with E-state index in [-0.39, 0.29) is 17.8 Å². The fourth-order valence-electron chi connectivity index (χ4n) is 2.92. The van der Waals surface area contributed by atoms with Crippen LogP contribution in [0.1, 0.15) is 18.0 Å². The predicted molar refractivity (Wildman–Crippen MR) is 91.1 cm³/mol. The van der Waals surface area contributed by atoms with Gasteiger partial charge in [0.25, 0.3) is 0 Å². The Morgan fingerprint density at radius 3 is 2.92 bits per heavy atom. The summed E-state index contributed by atoms with van der Waals surface area (Å²) in [6.07, 6.45) is 4.04. The zero-order chi connectivity index (χ0) is 16.8. The van der Waals surface area contributed by atoms with E-state index in [0.717, 1.165) is 25.2 Å². The highest BCUT2D eigenvalue weighted by Gasteiger charge is 2.24. The Labute approximate surface area is 140 Å². The second-order valence-electron chi connectivity index (χ2n) is 5.85. The fourth-order valence-corrected chi connectivity index (χ4v) is 2.92. The zero-order valence-corrected chi connectivity index (χ0v) is 13.4. The van der Waals surface area contributed by atoms with Crippen LogP contribution in [0.5, 0.6) is 0 Å². The first-order valence-electron chi connectivity index (χ1n) is 8.12. The van der Waals surface area contributed by atoms with E-state index in [0.29, 0.717) is 18.7 Å². The third-order valence-corrected chi connectivity index (χ3v) is 4.18. The molecular weight excluding hydrogens is 307 g/mol. The highest BCUT2D eigenvalue weighted by molar-refractivity contribution is 5.90. The Morgan fingerprint density at radius 2 is 2.17 bits per heavy atom. The minimum Gasteiger partial charge on any atom is -0.326 e. The van der Waals surface area contributed by atoms with Crippen LogP contribution in [0.15, 0.2) is 48.8 Å². The summed E-state index contributed by atoms with van der Waals surface area (Å²) in [6, 6.07) is 10.0. The normalized spacial score (nSPS) is 18.3. The fraction of sp³-hybridized carbons (Fsp3) is 0.333. The Kier molecular flexibility index (Phi) is 5.51. The van der Waals surface area contributed by atoms with Gasteiger partial charge in [0.05, 0.1) is 0 Å². The van der Waals surface area contributed by atoms with Crippen molar-refractivity contribution in [3.63, 3.8) is 0 Å². The number of aromatic nitrogens is 1. The molecule has 1 saturated heterocycles. The summed E-state index contributed by atoms with van der Waals surface area (Å²) in [5.74, 6) is -0.377. The van der Waals surface area contributed by atoms with Crippen molar-refractivity contribution in [3.05, 3.63) is 60.2 Å². The van der Waals surface area contributed by atoms with Crippen LogP contribution < -0.4 is 10.6 Å². The van der Waals surface area contributed by atoms with Gasteiger partial charge in [-0.15, -0.1) is 0 Å². The Hall–Kier alpha value is -2.31. The quantitative estimate of drug-likeness (QED) is 0.883. The summed E-state index contributed by atoms with van der Waals surface area (Å²) in [5, 5.41) is 6.19. The molecule has 1 aromatic heterocycles. The van der Waals surface area contributed by atoms with Gasteiger partial charge < -0.3 is 10.6 Å². The van der Waals surface area contributed by atoms with E-state index in [1.54, 1.807) is 18.3 Å². The summed E-state index contributed by atoms with van der Waals surface area (Å²) in [5.41, 5.74) is 1.77. The van der Waals surface area contributed by atoms with Gasteiger partial charge in [-0.25, -0.2) is 4.39 Å². The number of piperazine rings is 1. The first kappa shape index (κ1) is 16.5. The van der Waals surface area contributed by atoms with E-state index in [1.807, 2.05) is 12.3 Å². The largest absolute Gasteiger partial charge is 0.326 e. The highest BCUT2D eigenvalue weighted by atomic mass is 19.1. The van der Waals surface area contributed by atoms with E-state index >= 15 is 0 Å². The molecule has 2 N–H and O–H groups in total. The van der Waals surface area contributed by atoms with Crippen molar-refractivity contribution in [2.75, 3.05) is 31.5 Å². The third kappa shape index (κ3) is 4.37. The van der Waals surface area contributed by atoms with E-state index in [9.17, 15) is 9.18 Å². The number of benzene rings is 1. The van der Waals surface area contributed by atoms with Gasteiger partial charge in [0.2, 0.25) is 5.91 Å². The molecule has 1 atom stereocenters. The summed E-state index contributed by atoms with van der Waals surface area (Å²) in [4.78, 5) is 18.6. The first-order chi connectivity index (χ1) is 11.7. The average Bonchev–Trinajstić information content (AvgIpc) is 2.63. The number of rotatable bonds is 5. The topological polar surface area (TPSA) is 57.3 Å². The number of carbonyl (C=O) groups excluding carboxylic acids is 1. The van der Waals surface area contributed by atoms with Gasteiger partial charge >= 0.3 is 0 Å². The van der Waals surface area contributed by atoms with Gasteiger partial charge in [0.15, 0.2) is 0 Å². The van der Waals surface area contributed by atoms with Gasteiger partial charge in [0.1, 0.15) is 5.82 Å². The highest BCUT2D eigenvalue weighted by Crippen LogP contribution is 2.21. The van der Waals surface area contributed by atoms with Crippen LogP contribution in [-0.4, -0.2) is 42.0 Å². The van der Waals surface area contributed by atoms with Crippen molar-refractivity contribution < 1.29 is 9.18 Å². The molecule has 1 unspecified atom stereocenters. The van der Waals surface area contributed by atoms with Crippen molar-refractivity contribution in [3.8, 4) is 0 Å². The lowest BCUT2D eigenvalue weighted by Gasteiger charge is -2.36. The standard InChI is InChI=1S/C18H21FN4O/c19-15-3-5-16(6-4-15)22-18(24)7-10-23-11-9-21-13-17(23)14-2-1-8-20-12-14/h1-6,8,12,17,21H,7,9-11,13H2,(H,22,24). The Morgan fingerprint density at radius 1 is 1.33 bits per heavy atom. The van der Waals surface area contributed by atoms with Crippen LogP contribution >= 0.6 is 0 Å². The third-order valence-electron chi connectivity index (χ3n) is 4.18. The number of halogens is 1. The molecule has 1 aromatic carbocycles. The molecule has 0 aliphatic carbocycles. The SMILES string of the molecule is O=C(CCN1CCNCC1c1cccnc1)Nc1ccc(F)cc1. The number of nitrogens with zero attached hydrogens (tertiary/aromatic N) is 2. The second-order valence-corrected chi connectivity index (χ2v) is 5.85. The molecular formula is C18H21FN4O. The molecule has 2 heterocycles. The summed E-state index contributed by atoms with van der Waals surface area (Å²) in [6.45, 7) is 3.33. The molecule has 1 aliphatic rings. The lowest BCUT2D eigenvalue weighted by atomic mass is 10.1. The summed E-state index contributed by atoms with van der Waals surface area (Å²) in [7, 11) is 0. The van der Waals surface area contributed by atoms with E-state index in [4.69, 9.17) is 0 Å². The van der Waals surface area contributed by atoms with Crippen molar-refractivity contribution in [2.24, 2.45) is 0 Å². The minimum absolute atomic E-state index is 0.0647. The Balaban J connectivity index is 1.55. The number of pyridine rings is 1. The molecule has 0 saturated carbocycles. The zero-order valence-electron chi connectivity index (χ0n) is 13.4. The van der Waals surface area contributed by atoms with Gasteiger partial charge in [-0.2, -0.15) is 0 Å². The monoisotopic (exact) mass is 328 g/mol. The maximum atomic E-state index is 12.9. The van der Waals surface area contributed by atoms with Crippen molar-refractivity contribution in [1.82, 2.24) is 15.2 Å². The molecule has 1 amide bonds. The molecule has 5 nitrogen and oxygen atoms in total. The molecule has 0 radical (unpaired) electrons. The number of nitrogens with one attached hydrogen (secondary N) is 2. The molecule has 1 aliphatic heterocycles. The average molecular weight is 328 g/mol. The first-order valence-corrected chi connectivity index (χ1v) is 8.12. The second kappa shape index (κ2) is 7.99. The van der Waals surface area contributed by atoms with Crippen LogP contribution in [-0.2, 0) is 4.79 Å². The molecule has 0 bridgehead atoms. The van der Waals surface area contributed by atoms with Crippen LogP contribution in [0.25, 0.3) is 0 Å². The molecule has 6 heteroatoms. The molecule has 1 fully saturated rings. The molecule has 126 valence electrons. The van der Waals surface area contributed by atoms with Crippen molar-refractivity contribution in [1.29, 1.82) is 0 Å². The van der Waals surface area contributed by atoms with E-state index in [1.165, 1.54) is 12.1 Å². The van der Waals surface area contributed by atoms with Crippen LogP contribution in [0.2, 0.25) is 0 Å². The number of hydrogen-bond acceptors (Lipinski definition) is 4. The maximum Gasteiger partial charge on any atom is 0.225 e. The molecule has 2 aromatic rings. The number of anilines is 1. The van der Waals surface area contributed by atoms with E-state index in [2.05, 4.69) is 26.6 Å². The number of amides is 1. The summed E-state index contributed by atoms with van der Waals surface area (Å²) < 4.78 is 12.9. The minimum atomic E-state index is -0.312. The number of carbonyl (C=O) groups is 1. The van der Waals surface area contributed by atoms with Gasteiger partial charge in [0, 0.05) is 56.7 Å². The summed E-state index contributed by atoms with van der Waals surface area (Å²) >= 11 is 0. The van der Waals surface area contributed by atoms with Crippen LogP contribution in [0.3, 0.4) is 0 Å². The molecule has 0 spiro atoms.